The molecule has 1 saturated heterocycles. The highest BCUT2D eigenvalue weighted by Gasteiger charge is 2.29. The second-order valence-electron chi connectivity index (χ2n) is 10.3. The van der Waals surface area contributed by atoms with Crippen LogP contribution in [0.15, 0.2) is 58.6 Å². The van der Waals surface area contributed by atoms with Gasteiger partial charge in [0.1, 0.15) is 10.8 Å². The van der Waals surface area contributed by atoms with Crippen LogP contribution in [0, 0.1) is 5.41 Å². The molecular formula is C28H33ClN8O3S. The molecule has 0 unspecified atom stereocenters. The fourth-order valence-electron chi connectivity index (χ4n) is 4.23. The fourth-order valence-corrected chi connectivity index (χ4v) is 5.33. The molecule has 0 atom stereocenters. The largest absolute Gasteiger partial charge is 0.381 e. The fraction of sp³-hybridized carbons (Fsp3) is 0.321. The minimum absolute atomic E-state index is 0.146. The zero-order valence-corrected chi connectivity index (χ0v) is 24.7. The number of nitrogens with two attached hydrogens (primary N) is 2. The average Bonchev–Trinajstić information content (AvgIpc) is 2.95. The number of urea groups is 1. The van der Waals surface area contributed by atoms with Crippen molar-refractivity contribution in [3.63, 3.8) is 0 Å². The number of rotatable bonds is 8. The Morgan fingerprint density at radius 2 is 1.83 bits per heavy atom. The average molecular weight is 597 g/mol. The molecule has 2 heterocycles. The topological polar surface area (TPSA) is 160 Å². The van der Waals surface area contributed by atoms with Gasteiger partial charge in [0.2, 0.25) is 5.78 Å². The standard InChI is InChI=1S/C28H33ClN8O3S/c1-28(16-30)10-12-37(13-11-28)21-15-32-25(24(31)35-21)41-20-9-5-8-19(22(20)29)34-27(40)33-18-7-4-6-17(14-18)23(38)26(39)36(2)3/h4-9,14-15H,10-13,16,30H2,1-3H3,(H2,31,35)(H2,33,34,40). The third-order valence-electron chi connectivity index (χ3n) is 6.94. The molecule has 2 aromatic carbocycles. The SMILES string of the molecule is CN(C)C(=O)C(=O)c1cccc(NC(=O)Nc2cccc(Sc3ncc(N4CCC(C)(CN)CC4)nc3N)c2Cl)c1. The Labute approximate surface area is 248 Å². The number of carbonyl (C=O) groups excluding carboxylic acids is 3. The van der Waals surface area contributed by atoms with E-state index in [2.05, 4.69) is 32.4 Å². The third kappa shape index (κ3) is 7.26. The Hall–Kier alpha value is -3.87. The molecule has 0 aliphatic carbocycles. The number of nitrogens with one attached hydrogen (secondary N) is 2. The molecule has 6 N–H and O–H groups in total. The molecule has 1 aromatic heterocycles. The Morgan fingerprint density at radius 3 is 2.49 bits per heavy atom. The summed E-state index contributed by atoms with van der Waals surface area (Å²) in [4.78, 5) is 50.2. The number of aromatic nitrogens is 2. The van der Waals surface area contributed by atoms with Gasteiger partial charge in [0.05, 0.1) is 16.9 Å². The first-order chi connectivity index (χ1) is 19.5. The van der Waals surface area contributed by atoms with E-state index in [9.17, 15) is 14.4 Å². The number of halogens is 1. The monoisotopic (exact) mass is 596 g/mol. The van der Waals surface area contributed by atoms with Crippen LogP contribution < -0.4 is 27.0 Å². The molecular weight excluding hydrogens is 564 g/mol. The lowest BCUT2D eigenvalue weighted by molar-refractivity contribution is -0.124. The molecule has 1 aliphatic rings. The number of hydrogen-bond donors (Lipinski definition) is 4. The zero-order valence-electron chi connectivity index (χ0n) is 23.1. The summed E-state index contributed by atoms with van der Waals surface area (Å²) in [7, 11) is 2.99. The number of likely N-dealkylation sites (N-methyl/N-ethyl adjacent to an activating group) is 1. The van der Waals surface area contributed by atoms with Crippen LogP contribution in [-0.4, -0.2) is 66.3 Å². The van der Waals surface area contributed by atoms with Crippen LogP contribution >= 0.6 is 23.4 Å². The highest BCUT2D eigenvalue weighted by atomic mass is 35.5. The number of amides is 3. The molecule has 0 saturated carbocycles. The number of nitrogens with zero attached hydrogens (tertiary/aromatic N) is 4. The smallest absolute Gasteiger partial charge is 0.323 e. The van der Waals surface area contributed by atoms with Gasteiger partial charge in [-0.3, -0.25) is 9.59 Å². The van der Waals surface area contributed by atoms with Gasteiger partial charge in [-0.1, -0.05) is 48.5 Å². The second kappa shape index (κ2) is 12.8. The molecule has 3 aromatic rings. The molecule has 0 bridgehead atoms. The molecule has 1 aliphatic heterocycles. The first kappa shape index (κ1) is 30.1. The van der Waals surface area contributed by atoms with Gasteiger partial charge in [0, 0.05) is 43.3 Å². The molecule has 0 radical (unpaired) electrons. The maximum atomic E-state index is 12.7. The van der Waals surface area contributed by atoms with E-state index in [1.54, 1.807) is 36.5 Å². The first-order valence-electron chi connectivity index (χ1n) is 13.0. The van der Waals surface area contributed by atoms with Gasteiger partial charge in [-0.05, 0) is 49.1 Å². The van der Waals surface area contributed by atoms with Crippen LogP contribution in [0.3, 0.4) is 0 Å². The number of carbonyl (C=O) groups is 3. The van der Waals surface area contributed by atoms with Crippen molar-refractivity contribution in [3.05, 3.63) is 59.2 Å². The van der Waals surface area contributed by atoms with E-state index in [4.69, 9.17) is 23.1 Å². The van der Waals surface area contributed by atoms with Crippen molar-refractivity contribution in [1.29, 1.82) is 0 Å². The van der Waals surface area contributed by atoms with E-state index in [1.807, 2.05) is 0 Å². The zero-order chi connectivity index (χ0) is 29.7. The van der Waals surface area contributed by atoms with Gasteiger partial charge in [0.25, 0.3) is 5.91 Å². The molecule has 3 amide bonds. The number of hydrogen-bond acceptors (Lipinski definition) is 9. The summed E-state index contributed by atoms with van der Waals surface area (Å²) < 4.78 is 0. The van der Waals surface area contributed by atoms with Crippen molar-refractivity contribution in [1.82, 2.24) is 14.9 Å². The second-order valence-corrected chi connectivity index (χ2v) is 11.7. The van der Waals surface area contributed by atoms with Crippen LogP contribution in [0.1, 0.15) is 30.1 Å². The Bertz CT molecular complexity index is 1460. The maximum Gasteiger partial charge on any atom is 0.323 e. The van der Waals surface area contributed by atoms with Crippen LogP contribution in [0.25, 0.3) is 0 Å². The van der Waals surface area contributed by atoms with E-state index >= 15 is 0 Å². The number of ketones is 1. The quantitative estimate of drug-likeness (QED) is 0.219. The highest BCUT2D eigenvalue weighted by Crippen LogP contribution is 2.39. The Kier molecular flexibility index (Phi) is 9.36. The number of benzene rings is 2. The molecule has 13 heteroatoms. The van der Waals surface area contributed by atoms with E-state index < -0.39 is 17.7 Å². The van der Waals surface area contributed by atoms with Gasteiger partial charge in [-0.15, -0.1) is 0 Å². The third-order valence-corrected chi connectivity index (χ3v) is 8.53. The number of piperidine rings is 1. The Morgan fingerprint density at radius 1 is 1.12 bits per heavy atom. The minimum atomic E-state index is -0.673. The highest BCUT2D eigenvalue weighted by molar-refractivity contribution is 7.99. The minimum Gasteiger partial charge on any atom is -0.381 e. The number of anilines is 4. The van der Waals surface area contributed by atoms with E-state index in [0.717, 1.165) is 31.7 Å². The van der Waals surface area contributed by atoms with Crippen molar-refractivity contribution >= 4 is 64.1 Å². The summed E-state index contributed by atoms with van der Waals surface area (Å²) in [5, 5.41) is 6.17. The van der Waals surface area contributed by atoms with Gasteiger partial charge in [-0.25, -0.2) is 14.8 Å². The molecule has 11 nitrogen and oxygen atoms in total. The Balaban J connectivity index is 1.41. The van der Waals surface area contributed by atoms with Crippen molar-refractivity contribution in [3.8, 4) is 0 Å². The predicted octanol–water partition coefficient (Wildman–Crippen LogP) is 4.34. The summed E-state index contributed by atoms with van der Waals surface area (Å²) in [6.45, 7) is 4.54. The molecule has 216 valence electrons. The van der Waals surface area contributed by atoms with Gasteiger partial charge >= 0.3 is 6.03 Å². The lowest BCUT2D eigenvalue weighted by Crippen LogP contribution is -2.42. The molecule has 41 heavy (non-hydrogen) atoms. The number of nitrogen functional groups attached to an aromatic ring is 1. The molecule has 4 rings (SSSR count). The maximum absolute atomic E-state index is 12.7. The predicted molar refractivity (Wildman–Crippen MR) is 163 cm³/mol. The van der Waals surface area contributed by atoms with Gasteiger partial charge < -0.3 is 31.9 Å². The summed E-state index contributed by atoms with van der Waals surface area (Å²) in [5.74, 6) is -0.322. The summed E-state index contributed by atoms with van der Waals surface area (Å²) in [6.07, 6.45) is 3.66. The van der Waals surface area contributed by atoms with Gasteiger partial charge in [0.15, 0.2) is 5.82 Å². The van der Waals surface area contributed by atoms with Gasteiger partial charge in [-0.2, -0.15) is 0 Å². The molecule has 0 spiro atoms. The van der Waals surface area contributed by atoms with Crippen molar-refractivity contribution < 1.29 is 14.4 Å². The lowest BCUT2D eigenvalue weighted by atomic mass is 9.80. The van der Waals surface area contributed by atoms with Crippen molar-refractivity contribution in [2.24, 2.45) is 11.1 Å². The van der Waals surface area contributed by atoms with Crippen LogP contribution in [0.5, 0.6) is 0 Å². The van der Waals surface area contributed by atoms with Crippen LogP contribution in [-0.2, 0) is 4.79 Å². The first-order valence-corrected chi connectivity index (χ1v) is 14.2. The number of Topliss-reactive ketones (excluding diaryl/α,β-unsaturated/α-hetero) is 1. The van der Waals surface area contributed by atoms with E-state index in [-0.39, 0.29) is 16.8 Å². The van der Waals surface area contributed by atoms with E-state index in [1.165, 1.54) is 42.9 Å². The molecule has 1 fully saturated rings. The van der Waals surface area contributed by atoms with Crippen LogP contribution in [0.2, 0.25) is 5.02 Å². The summed E-state index contributed by atoms with van der Waals surface area (Å²) >= 11 is 7.87. The van der Waals surface area contributed by atoms with Crippen molar-refractivity contribution in [2.75, 3.05) is 55.0 Å². The van der Waals surface area contributed by atoms with Crippen LogP contribution in [0.4, 0.5) is 27.8 Å². The summed E-state index contributed by atoms with van der Waals surface area (Å²) in [6, 6.07) is 10.7. The summed E-state index contributed by atoms with van der Waals surface area (Å²) in [5.41, 5.74) is 13.2. The van der Waals surface area contributed by atoms with Crippen molar-refractivity contribution in [2.45, 2.75) is 29.7 Å². The lowest BCUT2D eigenvalue weighted by Gasteiger charge is -2.39. The van der Waals surface area contributed by atoms with E-state index in [0.29, 0.717) is 32.9 Å². The normalized spacial score (nSPS) is 14.3.